The molecule has 0 bridgehead atoms. The van der Waals surface area contributed by atoms with Crippen LogP contribution < -0.4 is 95.3 Å². The number of anilines is 4. The Hall–Kier alpha value is -2.35. The minimum absolute atomic E-state index is 0. The quantitative estimate of drug-likeness (QED) is 0.114. The van der Waals surface area contributed by atoms with Crippen LogP contribution in [0.25, 0.3) is 11.0 Å². The van der Waals surface area contributed by atoms with E-state index in [-0.39, 0.29) is 82.4 Å². The molecule has 3 aromatic rings. The molecule has 3 heterocycles. The molecule has 1 saturated carbocycles. The average Bonchev–Trinajstić information content (AvgIpc) is 3.36. The van der Waals surface area contributed by atoms with Gasteiger partial charge in [-0.3, -0.25) is 10.2 Å². The van der Waals surface area contributed by atoms with Crippen molar-refractivity contribution in [1.82, 2.24) is 35.7 Å². The van der Waals surface area contributed by atoms with Gasteiger partial charge in [-0.25, -0.2) is 14.1 Å². The second kappa shape index (κ2) is 17.6. The minimum Gasteiger partial charge on any atom is -0.367 e. The molecular weight excluding hydrogens is 644 g/mol. The first-order chi connectivity index (χ1) is 19.0. The van der Waals surface area contributed by atoms with E-state index >= 15 is 0 Å². The van der Waals surface area contributed by atoms with Crippen LogP contribution in [0.1, 0.15) is 46.0 Å². The number of halogens is 1. The maximum absolute atomic E-state index is 12.1. The van der Waals surface area contributed by atoms with E-state index in [1.165, 1.54) is 19.3 Å². The van der Waals surface area contributed by atoms with Gasteiger partial charge in [0.15, 0.2) is 5.82 Å². The Morgan fingerprint density at radius 2 is 2.02 bits per heavy atom. The molecule has 2 atom stereocenters. The van der Waals surface area contributed by atoms with Gasteiger partial charge in [0.1, 0.15) is 23.9 Å². The minimum atomic E-state index is -0.791. The Kier molecular flexibility index (Phi) is 14.9. The number of terminal acetylenes is 1. The monoisotopic (exact) mass is 682 g/mol. The summed E-state index contributed by atoms with van der Waals surface area (Å²) in [5.41, 5.74) is 10.9. The third kappa shape index (κ3) is 9.59. The van der Waals surface area contributed by atoms with Gasteiger partial charge in [0, 0.05) is 24.5 Å². The number of carbonyl (C=O) groups excluding carboxylic acids is 1. The van der Waals surface area contributed by atoms with Gasteiger partial charge in [0.05, 0.1) is 17.8 Å². The predicted octanol–water partition coefficient (Wildman–Crippen LogP) is 1.12. The summed E-state index contributed by atoms with van der Waals surface area (Å²) >= 11 is 0. The number of amides is 1. The molecule has 2 fully saturated rings. The Morgan fingerprint density at radius 3 is 2.63 bits per heavy atom. The fourth-order valence-corrected chi connectivity index (χ4v) is 4.23. The fraction of sp³-hybridized carbons (Fsp3) is 0.429. The van der Waals surface area contributed by atoms with Crippen LogP contribution in [-0.2, 0) is 11.3 Å². The topological polar surface area (TPSA) is 125 Å². The number of hydrogen-bond acceptors (Lipinski definition) is 9. The molecule has 1 aromatic carbocycles. The molecule has 1 saturated heterocycles. The summed E-state index contributed by atoms with van der Waals surface area (Å²) in [6.07, 6.45) is 14.1. The molecule has 1 amide bonds. The normalized spacial score (nSPS) is 17.8. The summed E-state index contributed by atoms with van der Waals surface area (Å²) in [6, 6.07) is 5.58. The third-order valence-corrected chi connectivity index (χ3v) is 6.76. The largest absolute Gasteiger partial charge is 1.00 e. The van der Waals surface area contributed by atoms with Crippen molar-refractivity contribution in [2.24, 2.45) is 0 Å². The summed E-state index contributed by atoms with van der Waals surface area (Å²) < 4.78 is 13.8. The van der Waals surface area contributed by atoms with Crippen LogP contribution in [-0.4, -0.2) is 56.7 Å². The van der Waals surface area contributed by atoms with E-state index in [0.717, 1.165) is 53.4 Å². The molecule has 41 heavy (non-hydrogen) atoms. The molecule has 11 nitrogen and oxygen atoms in total. The zero-order valence-electron chi connectivity index (χ0n) is 24.3. The summed E-state index contributed by atoms with van der Waals surface area (Å²) in [7, 11) is 0. The number of rotatable bonds is 9. The fourth-order valence-electron chi connectivity index (χ4n) is 4.23. The van der Waals surface area contributed by atoms with Gasteiger partial charge < -0.3 is 28.4 Å². The van der Waals surface area contributed by atoms with Gasteiger partial charge >= 0.3 is 68.9 Å². The van der Waals surface area contributed by atoms with Crippen molar-refractivity contribution in [3.05, 3.63) is 43.6 Å². The van der Waals surface area contributed by atoms with Gasteiger partial charge in [-0.05, 0) is 64.2 Å². The first-order valence-electron chi connectivity index (χ1n) is 13.2. The van der Waals surface area contributed by atoms with E-state index in [2.05, 4.69) is 47.6 Å². The Labute approximate surface area is 300 Å². The zero-order chi connectivity index (χ0) is 27.6. The molecule has 1 aliphatic carbocycles. The third-order valence-electron chi connectivity index (χ3n) is 6.76. The second-order valence-corrected chi connectivity index (χ2v) is 9.46. The molecule has 0 spiro atoms. The van der Waals surface area contributed by atoms with Gasteiger partial charge in [0.25, 0.3) is 0 Å². The van der Waals surface area contributed by atoms with Crippen LogP contribution in [0.15, 0.2) is 36.2 Å². The van der Waals surface area contributed by atoms with Gasteiger partial charge in [-0.2, -0.15) is 4.98 Å². The van der Waals surface area contributed by atoms with Crippen LogP contribution in [0.3, 0.4) is 0 Å². The van der Waals surface area contributed by atoms with E-state index in [0.29, 0.717) is 25.3 Å². The molecule has 5 rings (SSSR count). The summed E-state index contributed by atoms with van der Waals surface area (Å²) in [6.45, 7) is 6.37. The predicted molar refractivity (Wildman–Crippen MR) is 157 cm³/mol. The first-order valence-corrected chi connectivity index (χ1v) is 13.2. The van der Waals surface area contributed by atoms with E-state index in [1.54, 1.807) is 4.68 Å². The second-order valence-electron chi connectivity index (χ2n) is 9.46. The SMILES string of the molecule is C#CCn1nnc2ccc(Nc3ncc(N4CCCCC4)c(NN/C(C)=C/C)n3)cc21.O=CNC1CCC1F.[CH3-].[Cs+]. The summed E-state index contributed by atoms with van der Waals surface area (Å²) in [5, 5.41) is 13.9. The number of hydrogen-bond donors (Lipinski definition) is 4. The number of nitrogens with one attached hydrogen (secondary N) is 4. The van der Waals surface area contributed by atoms with E-state index in [4.69, 9.17) is 11.4 Å². The van der Waals surface area contributed by atoms with Gasteiger partial charge in [0.2, 0.25) is 12.4 Å². The molecule has 2 aliphatic rings. The van der Waals surface area contributed by atoms with Crippen molar-refractivity contribution in [2.75, 3.05) is 28.7 Å². The molecule has 13 heteroatoms. The number of aromatic nitrogens is 5. The van der Waals surface area contributed by atoms with Crippen molar-refractivity contribution in [2.45, 2.75) is 64.7 Å². The van der Waals surface area contributed by atoms with Gasteiger partial charge in [-0.1, -0.05) is 17.2 Å². The number of fused-ring (bicyclic) bond motifs is 1. The molecule has 214 valence electrons. The van der Waals surface area contributed by atoms with Crippen molar-refractivity contribution >= 4 is 40.6 Å². The number of benzene rings is 1. The first kappa shape index (κ1) is 34.9. The van der Waals surface area contributed by atoms with Gasteiger partial charge in [-0.15, -0.1) is 11.5 Å². The average molecular weight is 683 g/mol. The van der Waals surface area contributed by atoms with Crippen LogP contribution in [0.5, 0.6) is 0 Å². The zero-order valence-corrected chi connectivity index (χ0v) is 30.6. The number of allylic oxidation sites excluding steroid dienone is 2. The number of carbonyl (C=O) groups is 1. The van der Waals surface area contributed by atoms with Crippen LogP contribution in [0.4, 0.5) is 27.5 Å². The standard InChI is InChI=1S/C22H27N9.C5H8FNO.CH3.Cs/c1-4-11-31-19-14-17(9-10-18(19)27-29-31)24-22-23-15-20(30-12-7-6-8-13-30)21(25-22)28-26-16(3)5-2;6-4-1-2-5(4)7-3-8;;/h1,5,9-10,14-15,26H,6-8,11-13H2,2-3H3,(H2,23,24,25,28);3-5H,1-2H2,(H,7,8);1H3;/q;;-1;+1/b16-5+;;;. The van der Waals surface area contributed by atoms with E-state index in [9.17, 15) is 9.18 Å². The van der Waals surface area contributed by atoms with Crippen molar-refractivity contribution in [1.29, 1.82) is 0 Å². The Balaban J connectivity index is 0.000000510. The smallest absolute Gasteiger partial charge is 0.367 e. The number of alkyl halides is 1. The Morgan fingerprint density at radius 1 is 1.24 bits per heavy atom. The van der Waals surface area contributed by atoms with Crippen LogP contribution in [0.2, 0.25) is 0 Å². The molecule has 0 radical (unpaired) electrons. The van der Waals surface area contributed by atoms with Crippen LogP contribution in [0, 0.1) is 19.8 Å². The van der Waals surface area contributed by atoms with E-state index in [1.807, 2.05) is 44.3 Å². The number of hydrazine groups is 1. The number of piperidine rings is 1. The molecular formula is C28H38CsFN10O. The maximum Gasteiger partial charge on any atom is 1.00 e. The van der Waals surface area contributed by atoms with Crippen LogP contribution >= 0.6 is 0 Å². The summed E-state index contributed by atoms with van der Waals surface area (Å²) in [4.78, 5) is 21.3. The van der Waals surface area contributed by atoms with Crippen molar-refractivity contribution in [3.63, 3.8) is 0 Å². The van der Waals surface area contributed by atoms with Crippen molar-refractivity contribution in [3.8, 4) is 12.3 Å². The van der Waals surface area contributed by atoms with E-state index < -0.39 is 6.17 Å². The number of nitrogens with zero attached hydrogens (tertiary/aromatic N) is 6. The Bertz CT molecular complexity index is 1340. The van der Waals surface area contributed by atoms with Crippen molar-refractivity contribution < 1.29 is 78.1 Å². The maximum atomic E-state index is 12.1. The molecule has 2 unspecified atom stereocenters. The molecule has 4 N–H and O–H groups in total. The molecule has 1 aliphatic heterocycles. The molecule has 2 aromatic heterocycles. The summed E-state index contributed by atoms with van der Waals surface area (Å²) in [5.74, 6) is 3.83.